The van der Waals surface area contributed by atoms with Crippen molar-refractivity contribution >= 4 is 23.0 Å². The van der Waals surface area contributed by atoms with Gasteiger partial charge in [-0.15, -0.1) is 0 Å². The predicted octanol–water partition coefficient (Wildman–Crippen LogP) is 0.952. The van der Waals surface area contributed by atoms with Gasteiger partial charge in [-0.25, -0.2) is 0 Å². The molecule has 0 unspecified atom stereocenters. The minimum absolute atomic E-state index is 0.370. The number of nitrogens with two attached hydrogens (primary N) is 1. The van der Waals surface area contributed by atoms with Gasteiger partial charge in [0.2, 0.25) is 0 Å². The number of ether oxygens (including phenoxy) is 1. The van der Waals surface area contributed by atoms with E-state index in [9.17, 15) is 0 Å². The van der Waals surface area contributed by atoms with Crippen molar-refractivity contribution in [2.24, 2.45) is 12.8 Å². The molecule has 0 radical (unpaired) electrons. The summed E-state index contributed by atoms with van der Waals surface area (Å²) in [5.74, 6) is 0.912. The van der Waals surface area contributed by atoms with Crippen LogP contribution in [0.15, 0.2) is 0 Å². The SMILES string of the molecule is COC1CC(Nc2c(C(N)=S)c(C)nn2C)C1. The van der Waals surface area contributed by atoms with E-state index in [-0.39, 0.29) is 0 Å². The van der Waals surface area contributed by atoms with Crippen LogP contribution < -0.4 is 11.1 Å². The lowest BCUT2D eigenvalue weighted by Gasteiger charge is -2.35. The van der Waals surface area contributed by atoms with Gasteiger partial charge in [-0.05, 0) is 19.8 Å². The van der Waals surface area contributed by atoms with E-state index in [0.29, 0.717) is 17.1 Å². The van der Waals surface area contributed by atoms with Crippen molar-refractivity contribution in [3.05, 3.63) is 11.3 Å². The van der Waals surface area contributed by atoms with Gasteiger partial charge in [0, 0.05) is 20.2 Å². The number of hydrogen-bond donors (Lipinski definition) is 2. The van der Waals surface area contributed by atoms with Crippen LogP contribution in [0.2, 0.25) is 0 Å². The third-order valence-corrected chi connectivity index (χ3v) is 3.44. The van der Waals surface area contributed by atoms with Crippen LogP contribution in [-0.4, -0.2) is 34.0 Å². The summed E-state index contributed by atoms with van der Waals surface area (Å²) in [6.07, 6.45) is 2.39. The van der Waals surface area contributed by atoms with Gasteiger partial charge in [-0.2, -0.15) is 5.10 Å². The molecule has 0 saturated heterocycles. The maximum Gasteiger partial charge on any atom is 0.134 e. The van der Waals surface area contributed by atoms with Crippen LogP contribution in [-0.2, 0) is 11.8 Å². The van der Waals surface area contributed by atoms with E-state index >= 15 is 0 Å². The maximum absolute atomic E-state index is 5.73. The topological polar surface area (TPSA) is 65.1 Å². The normalized spacial score (nSPS) is 23.2. The molecular formula is C11H18N4OS. The molecule has 0 aromatic carbocycles. The first-order valence-electron chi connectivity index (χ1n) is 5.65. The molecule has 0 atom stereocenters. The molecule has 0 spiro atoms. The number of methoxy groups -OCH3 is 1. The van der Waals surface area contributed by atoms with E-state index in [4.69, 9.17) is 22.7 Å². The lowest BCUT2D eigenvalue weighted by Crippen LogP contribution is -2.41. The molecule has 1 aromatic heterocycles. The highest BCUT2D eigenvalue weighted by Gasteiger charge is 2.30. The fraction of sp³-hybridized carbons (Fsp3) is 0.636. The molecule has 3 N–H and O–H groups in total. The first kappa shape index (κ1) is 12.3. The Balaban J connectivity index is 2.13. The predicted molar refractivity (Wildman–Crippen MR) is 71.3 cm³/mol. The van der Waals surface area contributed by atoms with Gasteiger partial charge in [0.1, 0.15) is 10.8 Å². The zero-order valence-corrected chi connectivity index (χ0v) is 11.2. The highest BCUT2D eigenvalue weighted by atomic mass is 32.1. The summed E-state index contributed by atoms with van der Waals surface area (Å²) in [4.78, 5) is 0.390. The molecule has 0 aliphatic heterocycles. The van der Waals surface area contributed by atoms with Crippen LogP contribution >= 0.6 is 12.2 Å². The highest BCUT2D eigenvalue weighted by molar-refractivity contribution is 7.80. The van der Waals surface area contributed by atoms with E-state index < -0.39 is 0 Å². The van der Waals surface area contributed by atoms with E-state index in [1.807, 2.05) is 14.0 Å². The number of anilines is 1. The summed E-state index contributed by atoms with van der Waals surface area (Å²) in [7, 11) is 3.64. The zero-order chi connectivity index (χ0) is 12.6. The Morgan fingerprint density at radius 3 is 2.76 bits per heavy atom. The largest absolute Gasteiger partial charge is 0.389 e. The Morgan fingerprint density at radius 1 is 1.59 bits per heavy atom. The Morgan fingerprint density at radius 2 is 2.24 bits per heavy atom. The van der Waals surface area contributed by atoms with E-state index in [2.05, 4.69) is 10.4 Å². The number of thiocarbonyl (C=S) groups is 1. The molecule has 2 rings (SSSR count). The van der Waals surface area contributed by atoms with Gasteiger partial charge in [0.15, 0.2) is 0 Å². The van der Waals surface area contributed by atoms with E-state index in [1.54, 1.807) is 11.8 Å². The second-order valence-corrected chi connectivity index (χ2v) is 4.91. The molecule has 94 valence electrons. The van der Waals surface area contributed by atoms with Crippen molar-refractivity contribution in [3.63, 3.8) is 0 Å². The van der Waals surface area contributed by atoms with Crippen molar-refractivity contribution in [1.82, 2.24) is 9.78 Å². The Labute approximate surface area is 106 Å². The average molecular weight is 254 g/mol. The first-order valence-corrected chi connectivity index (χ1v) is 6.06. The van der Waals surface area contributed by atoms with Crippen LogP contribution in [0.1, 0.15) is 24.1 Å². The fourth-order valence-corrected chi connectivity index (χ4v) is 2.43. The molecular weight excluding hydrogens is 236 g/mol. The lowest BCUT2D eigenvalue weighted by atomic mass is 9.89. The van der Waals surface area contributed by atoms with Gasteiger partial charge in [-0.1, -0.05) is 12.2 Å². The van der Waals surface area contributed by atoms with Gasteiger partial charge in [-0.3, -0.25) is 4.68 Å². The van der Waals surface area contributed by atoms with Gasteiger partial charge >= 0.3 is 0 Å². The summed E-state index contributed by atoms with van der Waals surface area (Å²) in [5, 5.41) is 7.77. The van der Waals surface area contributed by atoms with Crippen molar-refractivity contribution in [2.45, 2.75) is 31.9 Å². The van der Waals surface area contributed by atoms with Crippen LogP contribution in [0.3, 0.4) is 0 Å². The number of hydrogen-bond acceptors (Lipinski definition) is 4. The summed E-state index contributed by atoms with van der Waals surface area (Å²) < 4.78 is 7.05. The maximum atomic E-state index is 5.73. The van der Waals surface area contributed by atoms with Crippen molar-refractivity contribution in [1.29, 1.82) is 0 Å². The molecule has 1 aromatic rings. The fourth-order valence-electron chi connectivity index (χ4n) is 2.19. The molecule has 1 aliphatic carbocycles. The van der Waals surface area contributed by atoms with Gasteiger partial charge in [0.05, 0.1) is 17.4 Å². The summed E-state index contributed by atoms with van der Waals surface area (Å²) in [5.41, 5.74) is 7.45. The number of nitrogens with zero attached hydrogens (tertiary/aromatic N) is 2. The minimum atomic E-state index is 0.370. The van der Waals surface area contributed by atoms with Gasteiger partial charge < -0.3 is 15.8 Å². The molecule has 1 saturated carbocycles. The zero-order valence-electron chi connectivity index (χ0n) is 10.4. The monoisotopic (exact) mass is 254 g/mol. The Hall–Kier alpha value is -1.14. The smallest absolute Gasteiger partial charge is 0.134 e. The molecule has 1 fully saturated rings. The molecule has 1 aliphatic rings. The number of aromatic nitrogens is 2. The van der Waals surface area contributed by atoms with Crippen molar-refractivity contribution < 1.29 is 4.74 Å². The van der Waals surface area contributed by atoms with Crippen LogP contribution in [0, 0.1) is 6.92 Å². The standard InChI is InChI=1S/C11H18N4OS/c1-6-9(10(12)17)11(15(2)14-6)13-7-4-8(5-7)16-3/h7-8,13H,4-5H2,1-3H3,(H2,12,17). The van der Waals surface area contributed by atoms with E-state index in [0.717, 1.165) is 29.9 Å². The van der Waals surface area contributed by atoms with Crippen LogP contribution in [0.25, 0.3) is 0 Å². The third-order valence-electron chi connectivity index (χ3n) is 3.24. The number of rotatable bonds is 4. The van der Waals surface area contributed by atoms with Gasteiger partial charge in [0.25, 0.3) is 0 Å². The third kappa shape index (κ3) is 2.28. The van der Waals surface area contributed by atoms with Crippen molar-refractivity contribution in [2.75, 3.05) is 12.4 Å². The molecule has 17 heavy (non-hydrogen) atoms. The van der Waals surface area contributed by atoms with Crippen LogP contribution in [0.4, 0.5) is 5.82 Å². The second kappa shape index (κ2) is 4.62. The molecule has 1 heterocycles. The molecule has 5 nitrogen and oxygen atoms in total. The minimum Gasteiger partial charge on any atom is -0.389 e. The average Bonchev–Trinajstić information content (AvgIpc) is 2.46. The lowest BCUT2D eigenvalue weighted by molar-refractivity contribution is 0.0327. The van der Waals surface area contributed by atoms with E-state index in [1.165, 1.54) is 0 Å². The number of nitrogens with one attached hydrogen (secondary N) is 1. The quantitative estimate of drug-likeness (QED) is 0.783. The highest BCUT2D eigenvalue weighted by Crippen LogP contribution is 2.28. The molecule has 0 bridgehead atoms. The second-order valence-electron chi connectivity index (χ2n) is 4.47. The van der Waals surface area contributed by atoms with Crippen LogP contribution in [0.5, 0.6) is 0 Å². The Kier molecular flexibility index (Phi) is 3.35. The van der Waals surface area contributed by atoms with Crippen molar-refractivity contribution in [3.8, 4) is 0 Å². The molecule has 6 heteroatoms. The Bertz CT molecular complexity index is 437. The summed E-state index contributed by atoms with van der Waals surface area (Å²) in [6, 6.07) is 0.419. The number of aryl methyl sites for hydroxylation is 2. The first-order chi connectivity index (χ1) is 8.02. The summed E-state index contributed by atoms with van der Waals surface area (Å²) in [6.45, 7) is 1.92. The molecule has 0 amide bonds. The summed E-state index contributed by atoms with van der Waals surface area (Å²) >= 11 is 5.06.